The van der Waals surface area contributed by atoms with Gasteiger partial charge in [0.05, 0.1) is 10.6 Å². The van der Waals surface area contributed by atoms with Crippen molar-refractivity contribution < 1.29 is 9.53 Å². The highest BCUT2D eigenvalue weighted by atomic mass is 35.5. The summed E-state index contributed by atoms with van der Waals surface area (Å²) in [6.45, 7) is 6.07. The molecule has 1 aliphatic heterocycles. The van der Waals surface area contributed by atoms with Gasteiger partial charge in [0, 0.05) is 25.2 Å². The molecule has 3 nitrogen and oxygen atoms in total. The number of rotatable bonds is 4. The molecule has 0 saturated carbocycles. The maximum absolute atomic E-state index is 12.6. The minimum atomic E-state index is -0.122. The van der Waals surface area contributed by atoms with E-state index in [0.717, 1.165) is 31.6 Å². The van der Waals surface area contributed by atoms with Crippen LogP contribution in [0.4, 0.5) is 0 Å². The van der Waals surface area contributed by atoms with Crippen LogP contribution in [0, 0.1) is 13.8 Å². The van der Waals surface area contributed by atoms with E-state index >= 15 is 0 Å². The van der Waals surface area contributed by atoms with Crippen LogP contribution in [0.15, 0.2) is 42.5 Å². The van der Waals surface area contributed by atoms with Gasteiger partial charge in [-0.2, -0.15) is 0 Å². The summed E-state index contributed by atoms with van der Waals surface area (Å²) in [4.78, 5) is 12.6. The van der Waals surface area contributed by atoms with Crippen molar-refractivity contribution in [1.29, 1.82) is 0 Å². The fourth-order valence-corrected chi connectivity index (χ4v) is 3.71. The van der Waals surface area contributed by atoms with Gasteiger partial charge in [-0.25, -0.2) is 0 Å². The average molecular weight is 358 g/mol. The van der Waals surface area contributed by atoms with Crippen LogP contribution in [0.2, 0.25) is 5.02 Å². The fraction of sp³-hybridized carbons (Fsp3) is 0.381. The fourth-order valence-electron chi connectivity index (χ4n) is 3.39. The molecule has 0 bridgehead atoms. The second-order valence-corrected chi connectivity index (χ2v) is 7.33. The first-order valence-corrected chi connectivity index (χ1v) is 9.07. The van der Waals surface area contributed by atoms with E-state index < -0.39 is 0 Å². The summed E-state index contributed by atoms with van der Waals surface area (Å²) >= 11 is 6.23. The standard InChI is InChI=1S/C21H24ClNO2/c1-15-3-6-17(7-4-15)21(9-11-25-12-10-21)14-23-20(24)18-8-5-16(2)13-19(18)22/h3-8,13H,9-12,14H2,1-2H3,(H,23,24). The number of halogens is 1. The first-order chi connectivity index (χ1) is 12.0. The van der Waals surface area contributed by atoms with E-state index in [9.17, 15) is 4.79 Å². The Kier molecular flexibility index (Phi) is 5.45. The third kappa shape index (κ3) is 4.05. The Morgan fingerprint density at radius 3 is 2.36 bits per heavy atom. The first kappa shape index (κ1) is 18.0. The minimum absolute atomic E-state index is 0.0845. The zero-order chi connectivity index (χ0) is 17.9. The number of amides is 1. The second-order valence-electron chi connectivity index (χ2n) is 6.92. The van der Waals surface area contributed by atoms with Gasteiger partial charge in [-0.15, -0.1) is 0 Å². The highest BCUT2D eigenvalue weighted by Gasteiger charge is 2.35. The van der Waals surface area contributed by atoms with Crippen molar-refractivity contribution in [3.8, 4) is 0 Å². The van der Waals surface area contributed by atoms with E-state index in [1.165, 1.54) is 11.1 Å². The molecule has 2 aromatic rings. The van der Waals surface area contributed by atoms with Gasteiger partial charge in [0.15, 0.2) is 0 Å². The zero-order valence-electron chi connectivity index (χ0n) is 14.8. The van der Waals surface area contributed by atoms with Crippen molar-refractivity contribution in [1.82, 2.24) is 5.32 Å². The van der Waals surface area contributed by atoms with Gasteiger partial charge in [-0.1, -0.05) is 47.5 Å². The summed E-state index contributed by atoms with van der Waals surface area (Å²) in [6, 6.07) is 14.1. The Morgan fingerprint density at radius 2 is 1.72 bits per heavy atom. The summed E-state index contributed by atoms with van der Waals surface area (Å²) in [7, 11) is 0. The highest BCUT2D eigenvalue weighted by molar-refractivity contribution is 6.33. The highest BCUT2D eigenvalue weighted by Crippen LogP contribution is 2.34. The van der Waals surface area contributed by atoms with Gasteiger partial charge >= 0.3 is 0 Å². The van der Waals surface area contributed by atoms with Crippen LogP contribution in [0.5, 0.6) is 0 Å². The molecule has 25 heavy (non-hydrogen) atoms. The largest absolute Gasteiger partial charge is 0.381 e. The number of hydrogen-bond acceptors (Lipinski definition) is 2. The van der Waals surface area contributed by atoms with Gasteiger partial charge in [0.25, 0.3) is 5.91 Å². The lowest BCUT2D eigenvalue weighted by Crippen LogP contribution is -2.44. The van der Waals surface area contributed by atoms with E-state index in [-0.39, 0.29) is 11.3 Å². The topological polar surface area (TPSA) is 38.3 Å². The number of carbonyl (C=O) groups is 1. The Balaban J connectivity index is 1.79. The Bertz CT molecular complexity index is 749. The number of nitrogens with one attached hydrogen (secondary N) is 1. The van der Waals surface area contributed by atoms with Gasteiger partial charge in [-0.05, 0) is 49.9 Å². The lowest BCUT2D eigenvalue weighted by molar-refractivity contribution is 0.0487. The molecule has 0 spiro atoms. The van der Waals surface area contributed by atoms with Crippen molar-refractivity contribution in [2.45, 2.75) is 32.1 Å². The van der Waals surface area contributed by atoms with Gasteiger partial charge in [-0.3, -0.25) is 4.79 Å². The monoisotopic (exact) mass is 357 g/mol. The van der Waals surface area contributed by atoms with Crippen LogP contribution >= 0.6 is 11.6 Å². The van der Waals surface area contributed by atoms with Crippen molar-refractivity contribution in [2.24, 2.45) is 0 Å². The summed E-state index contributed by atoms with van der Waals surface area (Å²) in [5.41, 5.74) is 3.98. The van der Waals surface area contributed by atoms with E-state index in [1.54, 1.807) is 6.07 Å². The van der Waals surface area contributed by atoms with Gasteiger partial charge < -0.3 is 10.1 Å². The van der Waals surface area contributed by atoms with Crippen LogP contribution in [0.3, 0.4) is 0 Å². The minimum Gasteiger partial charge on any atom is -0.381 e. The smallest absolute Gasteiger partial charge is 0.252 e. The molecule has 0 aromatic heterocycles. The van der Waals surface area contributed by atoms with Crippen LogP contribution in [-0.4, -0.2) is 25.7 Å². The summed E-state index contributed by atoms with van der Waals surface area (Å²) in [5, 5.41) is 3.60. The zero-order valence-corrected chi connectivity index (χ0v) is 15.5. The molecule has 4 heteroatoms. The van der Waals surface area contributed by atoms with Crippen molar-refractivity contribution >= 4 is 17.5 Å². The molecular weight excluding hydrogens is 334 g/mol. The second kappa shape index (κ2) is 7.59. The summed E-state index contributed by atoms with van der Waals surface area (Å²) in [5.74, 6) is -0.122. The molecule has 2 aromatic carbocycles. The van der Waals surface area contributed by atoms with Crippen LogP contribution in [0.25, 0.3) is 0 Å². The van der Waals surface area contributed by atoms with Gasteiger partial charge in [0.2, 0.25) is 0 Å². The Hall–Kier alpha value is -1.84. The number of ether oxygens (including phenoxy) is 1. The van der Waals surface area contributed by atoms with Crippen LogP contribution in [-0.2, 0) is 10.2 Å². The van der Waals surface area contributed by atoms with E-state index in [4.69, 9.17) is 16.3 Å². The molecule has 0 aliphatic carbocycles. The molecule has 3 rings (SSSR count). The predicted octanol–water partition coefficient (Wildman–Crippen LogP) is 4.44. The normalized spacial score (nSPS) is 16.4. The van der Waals surface area contributed by atoms with Crippen LogP contribution < -0.4 is 5.32 Å². The number of hydrogen-bond donors (Lipinski definition) is 1. The quantitative estimate of drug-likeness (QED) is 0.878. The summed E-state index contributed by atoms with van der Waals surface area (Å²) in [6.07, 6.45) is 1.80. The van der Waals surface area contributed by atoms with Crippen molar-refractivity contribution in [2.75, 3.05) is 19.8 Å². The number of carbonyl (C=O) groups excluding carboxylic acids is 1. The molecule has 1 heterocycles. The van der Waals surface area contributed by atoms with Crippen LogP contribution in [0.1, 0.15) is 39.9 Å². The van der Waals surface area contributed by atoms with E-state index in [2.05, 4.69) is 36.5 Å². The predicted molar refractivity (Wildman–Crippen MR) is 101 cm³/mol. The van der Waals surface area contributed by atoms with Crippen molar-refractivity contribution in [3.63, 3.8) is 0 Å². The molecule has 1 N–H and O–H groups in total. The lowest BCUT2D eigenvalue weighted by Gasteiger charge is -2.38. The average Bonchev–Trinajstić information content (AvgIpc) is 2.61. The molecule has 132 valence electrons. The maximum Gasteiger partial charge on any atom is 0.252 e. The molecule has 1 amide bonds. The van der Waals surface area contributed by atoms with E-state index in [0.29, 0.717) is 17.1 Å². The molecule has 0 radical (unpaired) electrons. The lowest BCUT2D eigenvalue weighted by atomic mass is 9.74. The van der Waals surface area contributed by atoms with E-state index in [1.807, 2.05) is 19.1 Å². The Labute approximate surface area is 154 Å². The third-order valence-electron chi connectivity index (χ3n) is 5.07. The number of aryl methyl sites for hydroxylation is 2. The molecular formula is C21H24ClNO2. The van der Waals surface area contributed by atoms with Gasteiger partial charge in [0.1, 0.15) is 0 Å². The van der Waals surface area contributed by atoms with Crippen molar-refractivity contribution in [3.05, 3.63) is 69.7 Å². The summed E-state index contributed by atoms with van der Waals surface area (Å²) < 4.78 is 5.56. The maximum atomic E-state index is 12.6. The first-order valence-electron chi connectivity index (χ1n) is 8.69. The molecule has 1 saturated heterocycles. The molecule has 1 fully saturated rings. The molecule has 0 atom stereocenters. The molecule has 0 unspecified atom stereocenters. The Morgan fingerprint density at radius 1 is 1.08 bits per heavy atom. The SMILES string of the molecule is Cc1ccc(C2(CNC(=O)c3ccc(C)cc3Cl)CCOCC2)cc1. The number of benzene rings is 2. The third-order valence-corrected chi connectivity index (χ3v) is 5.38. The molecule has 1 aliphatic rings.